The van der Waals surface area contributed by atoms with Gasteiger partial charge < -0.3 is 19.4 Å². The van der Waals surface area contributed by atoms with Crippen LogP contribution in [-0.2, 0) is 15.1 Å². The summed E-state index contributed by atoms with van der Waals surface area (Å²) in [7, 11) is 0. The maximum Gasteiger partial charge on any atom is 0.312 e. The third-order valence-corrected chi connectivity index (χ3v) is 3.61. The molecule has 0 bridgehead atoms. The molecule has 1 aliphatic rings. The van der Waals surface area contributed by atoms with Gasteiger partial charge in [-0.3, -0.25) is 4.79 Å². The fraction of sp³-hybridized carbons (Fsp3) is 0.500. The summed E-state index contributed by atoms with van der Waals surface area (Å²) in [5.74, 6) is -1.26. The Morgan fingerprint density at radius 3 is 3.00 bits per heavy atom. The van der Waals surface area contributed by atoms with Crippen LogP contribution in [0.15, 0.2) is 35.2 Å². The lowest BCUT2D eigenvalue weighted by Crippen LogP contribution is -2.47. The number of ether oxygens (including phenoxy) is 1. The van der Waals surface area contributed by atoms with Crippen molar-refractivity contribution in [3.63, 3.8) is 0 Å². The molecule has 0 saturated heterocycles. The van der Waals surface area contributed by atoms with Crippen LogP contribution >= 0.6 is 0 Å². The van der Waals surface area contributed by atoms with Crippen LogP contribution in [0.4, 0.5) is 0 Å². The topological polar surface area (TPSA) is 79.9 Å². The van der Waals surface area contributed by atoms with Crippen LogP contribution < -0.4 is 0 Å². The minimum absolute atomic E-state index is 0.00878. The van der Waals surface area contributed by atoms with Crippen molar-refractivity contribution in [3.8, 4) is 0 Å². The molecule has 1 aliphatic carbocycles. The van der Waals surface area contributed by atoms with E-state index in [0.717, 1.165) is 0 Å². The fourth-order valence-corrected chi connectivity index (χ4v) is 2.50. The number of aliphatic hydroxyl groups excluding tert-OH is 1. The molecule has 1 heterocycles. The van der Waals surface area contributed by atoms with E-state index < -0.39 is 23.6 Å². The van der Waals surface area contributed by atoms with Crippen LogP contribution in [0.2, 0.25) is 0 Å². The molecule has 5 nitrogen and oxygen atoms in total. The van der Waals surface area contributed by atoms with Crippen molar-refractivity contribution in [1.82, 2.24) is 0 Å². The van der Waals surface area contributed by atoms with Crippen molar-refractivity contribution in [2.45, 2.75) is 31.5 Å². The molecule has 0 unspecified atom stereocenters. The Bertz CT molecular complexity index is 464. The molecule has 0 aromatic carbocycles. The van der Waals surface area contributed by atoms with Crippen molar-refractivity contribution in [1.29, 1.82) is 0 Å². The van der Waals surface area contributed by atoms with Crippen molar-refractivity contribution in [2.24, 2.45) is 5.92 Å². The van der Waals surface area contributed by atoms with E-state index in [4.69, 9.17) is 9.15 Å². The highest BCUT2D eigenvalue weighted by Gasteiger charge is 2.49. The molecule has 0 aliphatic heterocycles. The van der Waals surface area contributed by atoms with Crippen LogP contribution in [0.5, 0.6) is 0 Å². The Kier molecular flexibility index (Phi) is 3.78. The van der Waals surface area contributed by atoms with E-state index in [1.54, 1.807) is 13.0 Å². The van der Waals surface area contributed by atoms with Crippen LogP contribution in [0.1, 0.15) is 25.3 Å². The minimum Gasteiger partial charge on any atom is -0.472 e. The van der Waals surface area contributed by atoms with Gasteiger partial charge in [-0.1, -0.05) is 6.58 Å². The van der Waals surface area contributed by atoms with E-state index >= 15 is 0 Å². The Labute approximate surface area is 111 Å². The zero-order valence-electron chi connectivity index (χ0n) is 10.8. The monoisotopic (exact) mass is 266 g/mol. The molecule has 1 aromatic rings. The molecule has 2 rings (SSSR count). The highest BCUT2D eigenvalue weighted by molar-refractivity contribution is 5.75. The van der Waals surface area contributed by atoms with Gasteiger partial charge >= 0.3 is 5.97 Å². The number of hydrogen-bond acceptors (Lipinski definition) is 5. The Balaban J connectivity index is 2.35. The number of carbonyl (C=O) groups is 1. The first-order chi connectivity index (χ1) is 8.99. The first kappa shape index (κ1) is 13.8. The number of furan rings is 1. The maximum atomic E-state index is 12.0. The summed E-state index contributed by atoms with van der Waals surface area (Å²) in [6, 6.07) is 1.59. The zero-order valence-corrected chi connectivity index (χ0v) is 10.8. The Morgan fingerprint density at radius 2 is 2.42 bits per heavy atom. The maximum absolute atomic E-state index is 12.0. The van der Waals surface area contributed by atoms with E-state index in [1.165, 1.54) is 12.5 Å². The number of carbonyl (C=O) groups excluding carboxylic acids is 1. The summed E-state index contributed by atoms with van der Waals surface area (Å²) in [6.45, 7) is 5.69. The molecule has 1 aromatic heterocycles. The molecule has 0 radical (unpaired) electrons. The predicted molar refractivity (Wildman–Crippen MR) is 67.1 cm³/mol. The number of hydrogen-bond donors (Lipinski definition) is 2. The molecule has 3 atom stereocenters. The summed E-state index contributed by atoms with van der Waals surface area (Å²) in [6.07, 6.45) is 2.17. The first-order valence-corrected chi connectivity index (χ1v) is 6.26. The lowest BCUT2D eigenvalue weighted by molar-refractivity contribution is -0.164. The number of aliphatic hydroxyl groups is 2. The molecule has 104 valence electrons. The van der Waals surface area contributed by atoms with E-state index in [9.17, 15) is 15.0 Å². The average molecular weight is 266 g/mol. The quantitative estimate of drug-likeness (QED) is 0.638. The molecule has 1 saturated carbocycles. The van der Waals surface area contributed by atoms with E-state index in [0.29, 0.717) is 11.1 Å². The van der Waals surface area contributed by atoms with Gasteiger partial charge in [0.15, 0.2) is 0 Å². The van der Waals surface area contributed by atoms with Gasteiger partial charge in [0.05, 0.1) is 31.2 Å². The fourth-order valence-electron chi connectivity index (χ4n) is 2.50. The standard InChI is InChI=1S/C14H18O5/c1-3-19-13(16)11-6-9(2)12(15)7-14(11,17)10-4-5-18-8-10/h4-5,8,11-12,15,17H,2-3,6-7H2,1H3/t11-,12-,14+/m0/s1. The largest absolute Gasteiger partial charge is 0.472 e. The molecular weight excluding hydrogens is 248 g/mol. The third kappa shape index (κ3) is 2.43. The molecule has 0 spiro atoms. The highest BCUT2D eigenvalue weighted by atomic mass is 16.5. The second-order valence-corrected chi connectivity index (χ2v) is 4.82. The van der Waals surface area contributed by atoms with Crippen molar-refractivity contribution < 1.29 is 24.2 Å². The summed E-state index contributed by atoms with van der Waals surface area (Å²) in [5, 5.41) is 20.7. The van der Waals surface area contributed by atoms with Crippen molar-refractivity contribution >= 4 is 5.97 Å². The van der Waals surface area contributed by atoms with Crippen LogP contribution in [0, 0.1) is 5.92 Å². The normalized spacial score (nSPS) is 31.2. The third-order valence-electron chi connectivity index (χ3n) is 3.61. The van der Waals surface area contributed by atoms with Crippen molar-refractivity contribution in [2.75, 3.05) is 6.61 Å². The summed E-state index contributed by atoms with van der Waals surface area (Å²) < 4.78 is 9.97. The van der Waals surface area contributed by atoms with Crippen LogP contribution in [-0.4, -0.2) is 28.9 Å². The van der Waals surface area contributed by atoms with Gasteiger partial charge in [0, 0.05) is 12.0 Å². The minimum atomic E-state index is -1.49. The molecule has 5 heteroatoms. The average Bonchev–Trinajstić information content (AvgIpc) is 2.88. The Hall–Kier alpha value is -1.59. The summed E-state index contributed by atoms with van der Waals surface area (Å²) in [4.78, 5) is 12.0. The second kappa shape index (κ2) is 5.19. The predicted octanol–water partition coefficient (Wildman–Crippen LogP) is 1.36. The summed E-state index contributed by atoms with van der Waals surface area (Å²) >= 11 is 0. The van der Waals surface area contributed by atoms with Gasteiger partial charge in [0.1, 0.15) is 5.60 Å². The molecule has 1 fully saturated rings. The van der Waals surface area contributed by atoms with Crippen LogP contribution in [0.3, 0.4) is 0 Å². The second-order valence-electron chi connectivity index (χ2n) is 4.82. The van der Waals surface area contributed by atoms with E-state index in [-0.39, 0.29) is 19.4 Å². The lowest BCUT2D eigenvalue weighted by Gasteiger charge is -2.40. The van der Waals surface area contributed by atoms with Gasteiger partial charge in [-0.05, 0) is 25.0 Å². The van der Waals surface area contributed by atoms with Gasteiger partial charge in [0.2, 0.25) is 0 Å². The highest BCUT2D eigenvalue weighted by Crippen LogP contribution is 2.44. The summed E-state index contributed by atoms with van der Waals surface area (Å²) in [5.41, 5.74) is -0.483. The number of esters is 1. The van der Waals surface area contributed by atoms with Gasteiger partial charge in [-0.25, -0.2) is 0 Å². The first-order valence-electron chi connectivity index (χ1n) is 6.26. The van der Waals surface area contributed by atoms with E-state index in [1.807, 2.05) is 0 Å². The number of rotatable bonds is 3. The van der Waals surface area contributed by atoms with Crippen LogP contribution in [0.25, 0.3) is 0 Å². The Morgan fingerprint density at radius 1 is 1.68 bits per heavy atom. The zero-order chi connectivity index (χ0) is 14.0. The molecule has 2 N–H and O–H groups in total. The molecular formula is C14H18O5. The molecule has 19 heavy (non-hydrogen) atoms. The van der Waals surface area contributed by atoms with Gasteiger partial charge in [-0.15, -0.1) is 0 Å². The van der Waals surface area contributed by atoms with E-state index in [2.05, 4.69) is 6.58 Å². The lowest BCUT2D eigenvalue weighted by atomic mass is 9.69. The van der Waals surface area contributed by atoms with Crippen molar-refractivity contribution in [3.05, 3.63) is 36.3 Å². The van der Waals surface area contributed by atoms with Gasteiger partial charge in [0.25, 0.3) is 0 Å². The molecule has 0 amide bonds. The SMILES string of the molecule is C=C1C[C@@H](C(=O)OCC)[C@](O)(c2ccoc2)C[C@@H]1O. The smallest absolute Gasteiger partial charge is 0.312 e. The van der Waals surface area contributed by atoms with Gasteiger partial charge in [-0.2, -0.15) is 0 Å².